The van der Waals surface area contributed by atoms with Crippen molar-refractivity contribution >= 4 is 24.0 Å². The number of hydrogen-bond acceptors (Lipinski definition) is 2. The predicted octanol–water partition coefficient (Wildman–Crippen LogP) is 3.69. The number of alkyl halides is 1. The third-order valence-corrected chi connectivity index (χ3v) is 2.78. The van der Waals surface area contributed by atoms with Crippen LogP contribution < -0.4 is 0 Å². The summed E-state index contributed by atoms with van der Waals surface area (Å²) < 4.78 is 1.98. The average molecular weight is 272 g/mol. The fraction of sp³-hybridized carbons (Fsp3) is 0.333. The number of rotatable bonds is 3. The highest BCUT2D eigenvalue weighted by molar-refractivity contribution is 6.17. The maximum absolute atomic E-state index is 5.92. The van der Waals surface area contributed by atoms with Crippen molar-refractivity contribution in [3.63, 3.8) is 0 Å². The Labute approximate surface area is 112 Å². The van der Waals surface area contributed by atoms with Gasteiger partial charge in [-0.3, -0.25) is 9.67 Å². The van der Waals surface area contributed by atoms with Gasteiger partial charge in [-0.2, -0.15) is 5.10 Å². The van der Waals surface area contributed by atoms with Gasteiger partial charge in [0.1, 0.15) is 0 Å². The van der Waals surface area contributed by atoms with Gasteiger partial charge in [-0.1, -0.05) is 0 Å². The minimum atomic E-state index is 0. The van der Waals surface area contributed by atoms with Gasteiger partial charge in [-0.25, -0.2) is 0 Å². The van der Waals surface area contributed by atoms with E-state index in [-0.39, 0.29) is 12.4 Å². The summed E-state index contributed by atoms with van der Waals surface area (Å²) in [6.07, 6.45) is 5.41. The van der Waals surface area contributed by atoms with Crippen molar-refractivity contribution in [3.05, 3.63) is 36.3 Å². The van der Waals surface area contributed by atoms with Crippen LogP contribution in [0.25, 0.3) is 11.3 Å². The number of halogens is 2. The number of nitrogens with zero attached hydrogens (tertiary/aromatic N) is 3. The van der Waals surface area contributed by atoms with Gasteiger partial charge in [-0.15, -0.1) is 24.0 Å². The first-order valence-electron chi connectivity index (χ1n) is 5.26. The van der Waals surface area contributed by atoms with Gasteiger partial charge < -0.3 is 0 Å². The highest BCUT2D eigenvalue weighted by Crippen LogP contribution is 2.25. The van der Waals surface area contributed by atoms with E-state index in [0.29, 0.717) is 11.9 Å². The van der Waals surface area contributed by atoms with E-state index in [0.717, 1.165) is 16.8 Å². The summed E-state index contributed by atoms with van der Waals surface area (Å²) in [4.78, 5) is 4.15. The summed E-state index contributed by atoms with van der Waals surface area (Å²) >= 11 is 5.92. The molecule has 3 nitrogen and oxygen atoms in total. The Morgan fingerprint density at radius 1 is 1.29 bits per heavy atom. The number of pyridine rings is 1. The summed E-state index contributed by atoms with van der Waals surface area (Å²) in [7, 11) is 0. The summed E-state index contributed by atoms with van der Waals surface area (Å²) in [5, 5.41) is 4.31. The van der Waals surface area contributed by atoms with E-state index in [2.05, 4.69) is 23.9 Å². The topological polar surface area (TPSA) is 30.7 Å². The minimum Gasteiger partial charge on any atom is -0.264 e. The monoisotopic (exact) mass is 271 g/mol. The molecule has 17 heavy (non-hydrogen) atoms. The van der Waals surface area contributed by atoms with Gasteiger partial charge in [0.05, 0.1) is 5.69 Å². The highest BCUT2D eigenvalue weighted by atomic mass is 35.5. The molecule has 0 aliphatic carbocycles. The predicted molar refractivity (Wildman–Crippen MR) is 72.6 cm³/mol. The second-order valence-electron chi connectivity index (χ2n) is 3.92. The molecule has 0 amide bonds. The van der Waals surface area contributed by atoms with Crippen LogP contribution in [0, 0.1) is 0 Å². The molecule has 0 radical (unpaired) electrons. The smallest absolute Gasteiger partial charge is 0.0703 e. The van der Waals surface area contributed by atoms with Crippen LogP contribution in [0.15, 0.2) is 30.7 Å². The summed E-state index contributed by atoms with van der Waals surface area (Å²) in [6, 6.07) is 4.26. The van der Waals surface area contributed by atoms with Gasteiger partial charge in [0.25, 0.3) is 0 Å². The Kier molecular flexibility index (Phi) is 4.97. The molecule has 0 fully saturated rings. The van der Waals surface area contributed by atoms with Crippen molar-refractivity contribution in [2.24, 2.45) is 0 Å². The van der Waals surface area contributed by atoms with E-state index >= 15 is 0 Å². The molecule has 2 aromatic heterocycles. The zero-order valence-electron chi connectivity index (χ0n) is 9.80. The number of hydrogen-bond donors (Lipinski definition) is 0. The first-order chi connectivity index (χ1) is 7.74. The van der Waals surface area contributed by atoms with E-state index in [4.69, 9.17) is 11.6 Å². The quantitative estimate of drug-likeness (QED) is 0.798. The molecule has 0 aromatic carbocycles. The second-order valence-corrected chi connectivity index (χ2v) is 4.19. The minimum absolute atomic E-state index is 0. The number of aromatic nitrogens is 3. The maximum Gasteiger partial charge on any atom is 0.0703 e. The third kappa shape index (κ3) is 2.79. The Morgan fingerprint density at radius 2 is 2.06 bits per heavy atom. The lowest BCUT2D eigenvalue weighted by Gasteiger charge is -2.12. The standard InChI is InChI=1S/C12H14ClN3.ClH/c1-9(2)16-12(4-6-15-16)11-8-14-5-3-10(11)7-13;/h3-6,8-9H,7H2,1-2H3;1H. The fourth-order valence-corrected chi connectivity index (χ4v) is 1.94. The van der Waals surface area contributed by atoms with Crippen molar-refractivity contribution < 1.29 is 0 Å². The molecule has 0 unspecified atom stereocenters. The molecule has 0 N–H and O–H groups in total. The largest absolute Gasteiger partial charge is 0.264 e. The Morgan fingerprint density at radius 3 is 2.71 bits per heavy atom. The van der Waals surface area contributed by atoms with Crippen LogP contribution in [-0.2, 0) is 5.88 Å². The van der Waals surface area contributed by atoms with E-state index in [1.165, 1.54) is 0 Å². The van der Waals surface area contributed by atoms with Crippen molar-refractivity contribution in [2.75, 3.05) is 0 Å². The average Bonchev–Trinajstić information content (AvgIpc) is 2.77. The van der Waals surface area contributed by atoms with E-state index < -0.39 is 0 Å². The molecule has 0 atom stereocenters. The fourth-order valence-electron chi connectivity index (χ4n) is 1.71. The SMILES string of the molecule is CC(C)n1nccc1-c1cnccc1CCl.Cl. The van der Waals surface area contributed by atoms with Gasteiger partial charge >= 0.3 is 0 Å². The zero-order valence-corrected chi connectivity index (χ0v) is 11.4. The molecule has 2 aromatic rings. The molecule has 0 saturated heterocycles. The molecule has 2 heterocycles. The lowest BCUT2D eigenvalue weighted by Crippen LogP contribution is -2.05. The second kappa shape index (κ2) is 6.03. The lowest BCUT2D eigenvalue weighted by atomic mass is 10.1. The van der Waals surface area contributed by atoms with Gasteiger partial charge in [0.2, 0.25) is 0 Å². The Balaban J connectivity index is 0.00000144. The molecule has 0 aliphatic heterocycles. The highest BCUT2D eigenvalue weighted by Gasteiger charge is 2.11. The summed E-state index contributed by atoms with van der Waals surface area (Å²) in [5.74, 6) is 0.487. The van der Waals surface area contributed by atoms with E-state index in [9.17, 15) is 0 Å². The molecule has 2 rings (SSSR count). The van der Waals surface area contributed by atoms with Crippen LogP contribution >= 0.6 is 24.0 Å². The first kappa shape index (κ1) is 14.0. The Hall–Kier alpha value is -1.06. The van der Waals surface area contributed by atoms with E-state index in [1.807, 2.05) is 23.0 Å². The normalized spacial score (nSPS) is 10.4. The van der Waals surface area contributed by atoms with Gasteiger partial charge in [-0.05, 0) is 31.5 Å². The molecular formula is C12H15Cl2N3. The third-order valence-electron chi connectivity index (χ3n) is 2.49. The molecular weight excluding hydrogens is 257 g/mol. The van der Waals surface area contributed by atoms with Crippen LogP contribution in [0.2, 0.25) is 0 Å². The van der Waals surface area contributed by atoms with E-state index in [1.54, 1.807) is 12.4 Å². The first-order valence-corrected chi connectivity index (χ1v) is 5.80. The van der Waals surface area contributed by atoms with Crippen molar-refractivity contribution in [1.82, 2.24) is 14.8 Å². The van der Waals surface area contributed by atoms with Crippen LogP contribution in [0.4, 0.5) is 0 Å². The molecule has 0 aliphatic rings. The summed E-state index contributed by atoms with van der Waals surface area (Å²) in [6.45, 7) is 4.21. The maximum atomic E-state index is 5.92. The molecule has 0 bridgehead atoms. The molecule has 5 heteroatoms. The van der Waals surface area contributed by atoms with Crippen molar-refractivity contribution in [1.29, 1.82) is 0 Å². The zero-order chi connectivity index (χ0) is 11.5. The van der Waals surface area contributed by atoms with Crippen LogP contribution in [0.1, 0.15) is 25.5 Å². The van der Waals surface area contributed by atoms with Crippen molar-refractivity contribution in [2.45, 2.75) is 25.8 Å². The molecule has 0 saturated carbocycles. The van der Waals surface area contributed by atoms with Crippen molar-refractivity contribution in [3.8, 4) is 11.3 Å². The van der Waals surface area contributed by atoms with Gasteiger partial charge in [0, 0.05) is 36.1 Å². The lowest BCUT2D eigenvalue weighted by molar-refractivity contribution is 0.538. The Bertz CT molecular complexity index is 480. The molecule has 0 spiro atoms. The summed E-state index contributed by atoms with van der Waals surface area (Å²) in [5.41, 5.74) is 3.21. The van der Waals surface area contributed by atoms with Crippen LogP contribution in [0.5, 0.6) is 0 Å². The van der Waals surface area contributed by atoms with Gasteiger partial charge in [0.15, 0.2) is 0 Å². The molecule has 92 valence electrons. The van der Waals surface area contributed by atoms with Crippen LogP contribution in [0.3, 0.4) is 0 Å². The van der Waals surface area contributed by atoms with Crippen LogP contribution in [-0.4, -0.2) is 14.8 Å².